The van der Waals surface area contributed by atoms with Crippen molar-refractivity contribution in [2.24, 2.45) is 0 Å². The molecule has 2 aromatic rings. The predicted octanol–water partition coefficient (Wildman–Crippen LogP) is 1.98. The highest BCUT2D eigenvalue weighted by molar-refractivity contribution is 7.09. The maximum absolute atomic E-state index is 8.97. The molecule has 6 heteroatoms. The van der Waals surface area contributed by atoms with Gasteiger partial charge >= 0.3 is 0 Å². The molecule has 1 aliphatic heterocycles. The molecule has 2 aromatic heterocycles. The molecule has 0 aliphatic carbocycles. The summed E-state index contributed by atoms with van der Waals surface area (Å²) >= 11 is 1.69. The molecule has 0 saturated carbocycles. The average molecular weight is 271 g/mol. The maximum Gasteiger partial charge on any atom is 0.166 e. The molecule has 0 amide bonds. The van der Waals surface area contributed by atoms with E-state index in [1.807, 2.05) is 19.4 Å². The van der Waals surface area contributed by atoms with Crippen molar-refractivity contribution in [3.05, 3.63) is 32.9 Å². The van der Waals surface area contributed by atoms with Gasteiger partial charge in [0.05, 0.1) is 17.7 Å². The second-order valence-electron chi connectivity index (χ2n) is 4.63. The van der Waals surface area contributed by atoms with E-state index in [2.05, 4.69) is 26.2 Å². The molecule has 3 rings (SSSR count). The van der Waals surface area contributed by atoms with Crippen molar-refractivity contribution in [3.8, 4) is 6.07 Å². The van der Waals surface area contributed by atoms with Crippen LogP contribution in [-0.2, 0) is 13.0 Å². The highest BCUT2D eigenvalue weighted by Crippen LogP contribution is 2.28. The number of nitriles is 1. The van der Waals surface area contributed by atoms with Crippen molar-refractivity contribution in [1.82, 2.24) is 15.2 Å². The van der Waals surface area contributed by atoms with Gasteiger partial charge < -0.3 is 4.90 Å². The van der Waals surface area contributed by atoms with Crippen molar-refractivity contribution in [1.29, 1.82) is 5.26 Å². The number of hydrogen-bond acceptors (Lipinski definition) is 6. The summed E-state index contributed by atoms with van der Waals surface area (Å²) in [5.41, 5.74) is 5.48. The lowest BCUT2D eigenvalue weighted by Gasteiger charge is -2.28. The highest BCUT2D eigenvalue weighted by Gasteiger charge is 2.22. The Morgan fingerprint density at radius 3 is 2.95 bits per heavy atom. The van der Waals surface area contributed by atoms with Gasteiger partial charge in [0.1, 0.15) is 6.07 Å². The minimum atomic E-state index is 0.414. The summed E-state index contributed by atoms with van der Waals surface area (Å²) < 4.78 is 0. The number of hydrogen-bond donors (Lipinski definition) is 0. The zero-order valence-electron chi connectivity index (χ0n) is 10.8. The SMILES string of the molecule is Cc1c(C#N)nnc(N2CCc3ncsc3C2)c1C. The number of aromatic nitrogens is 3. The first kappa shape index (κ1) is 12.1. The van der Waals surface area contributed by atoms with Crippen molar-refractivity contribution in [2.75, 3.05) is 11.4 Å². The maximum atomic E-state index is 8.97. The Hall–Kier alpha value is -2.00. The van der Waals surface area contributed by atoms with E-state index in [0.717, 1.165) is 36.5 Å². The second kappa shape index (κ2) is 4.59. The molecule has 0 aromatic carbocycles. The monoisotopic (exact) mass is 271 g/mol. The number of rotatable bonds is 1. The van der Waals surface area contributed by atoms with Crippen molar-refractivity contribution in [2.45, 2.75) is 26.8 Å². The van der Waals surface area contributed by atoms with Gasteiger partial charge in [-0.05, 0) is 25.0 Å². The van der Waals surface area contributed by atoms with Crippen LogP contribution in [0.15, 0.2) is 5.51 Å². The Balaban J connectivity index is 1.97. The first-order valence-electron chi connectivity index (χ1n) is 6.11. The van der Waals surface area contributed by atoms with E-state index < -0.39 is 0 Å². The van der Waals surface area contributed by atoms with Crippen molar-refractivity contribution in [3.63, 3.8) is 0 Å². The van der Waals surface area contributed by atoms with Gasteiger partial charge in [-0.2, -0.15) is 5.26 Å². The molecular weight excluding hydrogens is 258 g/mol. The molecule has 1 aliphatic rings. The molecule has 0 saturated heterocycles. The average Bonchev–Trinajstić information content (AvgIpc) is 2.89. The minimum Gasteiger partial charge on any atom is -0.349 e. The molecule has 0 unspecified atom stereocenters. The Morgan fingerprint density at radius 1 is 1.32 bits per heavy atom. The van der Waals surface area contributed by atoms with E-state index in [-0.39, 0.29) is 0 Å². The first-order valence-corrected chi connectivity index (χ1v) is 6.99. The van der Waals surface area contributed by atoms with Gasteiger partial charge in [0, 0.05) is 17.8 Å². The van der Waals surface area contributed by atoms with Crippen LogP contribution in [0.2, 0.25) is 0 Å². The number of fused-ring (bicyclic) bond motifs is 1. The molecule has 0 atom stereocenters. The zero-order chi connectivity index (χ0) is 13.4. The van der Waals surface area contributed by atoms with Gasteiger partial charge in [-0.3, -0.25) is 0 Å². The van der Waals surface area contributed by atoms with Gasteiger partial charge in [-0.1, -0.05) is 0 Å². The van der Waals surface area contributed by atoms with Crippen LogP contribution in [0.5, 0.6) is 0 Å². The molecular formula is C13H13N5S. The minimum absolute atomic E-state index is 0.414. The van der Waals surface area contributed by atoms with Crippen molar-refractivity contribution >= 4 is 17.2 Å². The van der Waals surface area contributed by atoms with E-state index in [1.165, 1.54) is 10.6 Å². The quantitative estimate of drug-likeness (QED) is 0.793. The number of thiazole rings is 1. The third-order valence-electron chi connectivity index (χ3n) is 3.58. The van der Waals surface area contributed by atoms with Gasteiger partial charge in [-0.25, -0.2) is 4.98 Å². The molecule has 0 N–H and O–H groups in total. The normalized spacial score (nSPS) is 14.1. The van der Waals surface area contributed by atoms with E-state index in [9.17, 15) is 0 Å². The van der Waals surface area contributed by atoms with E-state index >= 15 is 0 Å². The molecule has 0 fully saturated rings. The van der Waals surface area contributed by atoms with Gasteiger partial charge in [0.15, 0.2) is 11.5 Å². The largest absolute Gasteiger partial charge is 0.349 e. The Bertz CT molecular complexity index is 670. The topological polar surface area (TPSA) is 65.7 Å². The fraction of sp³-hybridized carbons (Fsp3) is 0.385. The molecule has 0 radical (unpaired) electrons. The third kappa shape index (κ3) is 1.96. The van der Waals surface area contributed by atoms with Crippen LogP contribution in [0.1, 0.15) is 27.4 Å². The number of nitrogens with zero attached hydrogens (tertiary/aromatic N) is 5. The molecule has 96 valence electrons. The highest BCUT2D eigenvalue weighted by atomic mass is 32.1. The first-order chi connectivity index (χ1) is 9.20. The van der Waals surface area contributed by atoms with Gasteiger partial charge in [0.2, 0.25) is 0 Å². The van der Waals surface area contributed by atoms with Gasteiger partial charge in [-0.15, -0.1) is 21.5 Å². The van der Waals surface area contributed by atoms with Crippen molar-refractivity contribution < 1.29 is 0 Å². The number of anilines is 1. The van der Waals surface area contributed by atoms with Crippen LogP contribution in [0.25, 0.3) is 0 Å². The van der Waals surface area contributed by atoms with Crippen LogP contribution in [0, 0.1) is 25.2 Å². The predicted molar refractivity (Wildman–Crippen MR) is 73.1 cm³/mol. The Morgan fingerprint density at radius 2 is 2.16 bits per heavy atom. The molecule has 0 spiro atoms. The Labute approximate surface area is 115 Å². The summed E-state index contributed by atoms with van der Waals surface area (Å²) in [5, 5.41) is 17.2. The van der Waals surface area contributed by atoms with Crippen LogP contribution in [0.4, 0.5) is 5.82 Å². The fourth-order valence-corrected chi connectivity index (χ4v) is 3.13. The second-order valence-corrected chi connectivity index (χ2v) is 5.57. The van der Waals surface area contributed by atoms with E-state index in [1.54, 1.807) is 11.3 Å². The standard InChI is InChI=1S/C13H13N5S/c1-8-9(2)13(17-16-11(8)5-14)18-4-3-10-12(6-18)19-7-15-10/h7H,3-4,6H2,1-2H3. The molecule has 5 nitrogen and oxygen atoms in total. The summed E-state index contributed by atoms with van der Waals surface area (Å²) in [5.74, 6) is 0.885. The van der Waals surface area contributed by atoms with Crippen LogP contribution in [-0.4, -0.2) is 21.7 Å². The van der Waals surface area contributed by atoms with Crippen LogP contribution < -0.4 is 4.90 Å². The lowest BCUT2D eigenvalue weighted by Crippen LogP contribution is -2.31. The van der Waals surface area contributed by atoms with Crippen LogP contribution >= 0.6 is 11.3 Å². The smallest absolute Gasteiger partial charge is 0.166 e. The summed E-state index contributed by atoms with van der Waals surface area (Å²) in [7, 11) is 0. The summed E-state index contributed by atoms with van der Waals surface area (Å²) in [6, 6.07) is 2.08. The lowest BCUT2D eigenvalue weighted by atomic mass is 10.1. The molecule has 0 bridgehead atoms. The summed E-state index contributed by atoms with van der Waals surface area (Å²) in [4.78, 5) is 7.88. The molecule has 3 heterocycles. The van der Waals surface area contributed by atoms with E-state index in [4.69, 9.17) is 5.26 Å². The van der Waals surface area contributed by atoms with Crippen LogP contribution in [0.3, 0.4) is 0 Å². The third-order valence-corrected chi connectivity index (χ3v) is 4.44. The molecule has 19 heavy (non-hydrogen) atoms. The van der Waals surface area contributed by atoms with E-state index in [0.29, 0.717) is 5.69 Å². The summed E-state index contributed by atoms with van der Waals surface area (Å²) in [6.45, 7) is 5.66. The van der Waals surface area contributed by atoms with Gasteiger partial charge in [0.25, 0.3) is 0 Å². The zero-order valence-corrected chi connectivity index (χ0v) is 11.7. The fourth-order valence-electron chi connectivity index (χ4n) is 2.30. The Kier molecular flexibility index (Phi) is 2.91. The summed E-state index contributed by atoms with van der Waals surface area (Å²) in [6.07, 6.45) is 0.943. The lowest BCUT2D eigenvalue weighted by molar-refractivity contribution is 0.706.